The van der Waals surface area contributed by atoms with Gasteiger partial charge in [0.15, 0.2) is 0 Å². The van der Waals surface area contributed by atoms with Crippen LogP contribution in [-0.4, -0.2) is 32.3 Å². The molecule has 0 bridgehead atoms. The summed E-state index contributed by atoms with van der Waals surface area (Å²) in [4.78, 5) is 11.0. The Morgan fingerprint density at radius 1 is 1.53 bits per heavy atom. The van der Waals surface area contributed by atoms with E-state index in [9.17, 15) is 4.79 Å². The highest BCUT2D eigenvalue weighted by molar-refractivity contribution is 6.33. The maximum atomic E-state index is 11.0. The van der Waals surface area contributed by atoms with Gasteiger partial charge in [-0.25, -0.2) is 4.79 Å². The summed E-state index contributed by atoms with van der Waals surface area (Å²) in [5.74, 6) is -0.382. The van der Waals surface area contributed by atoms with Gasteiger partial charge >= 0.3 is 5.97 Å². The van der Waals surface area contributed by atoms with Crippen molar-refractivity contribution in [2.24, 2.45) is 0 Å². The highest BCUT2D eigenvalue weighted by Crippen LogP contribution is 2.22. The zero-order valence-electron chi connectivity index (χ0n) is 10.6. The van der Waals surface area contributed by atoms with Crippen molar-refractivity contribution in [2.75, 3.05) is 31.7 Å². The molecule has 0 aliphatic carbocycles. The Kier molecular flexibility index (Phi) is 6.72. The molecule has 0 heterocycles. The topological polar surface area (TPSA) is 71.3 Å². The van der Waals surface area contributed by atoms with Crippen LogP contribution in [0, 0.1) is 11.3 Å². The number of hydrogen-bond donors (Lipinski definition) is 1. The van der Waals surface area contributed by atoms with Gasteiger partial charge in [-0.05, 0) is 25.1 Å². The fraction of sp³-hybridized carbons (Fsp3) is 0.385. The summed E-state index contributed by atoms with van der Waals surface area (Å²) in [5.41, 5.74) is 1.19. The minimum absolute atomic E-state index is 0.0680. The molecule has 19 heavy (non-hydrogen) atoms. The smallest absolute Gasteiger partial charge is 0.332 e. The zero-order chi connectivity index (χ0) is 14.1. The molecule has 0 aliphatic rings. The van der Waals surface area contributed by atoms with Gasteiger partial charge in [-0.1, -0.05) is 11.6 Å². The van der Waals surface area contributed by atoms with Gasteiger partial charge in [0.05, 0.1) is 35.6 Å². The molecule has 6 heteroatoms. The number of rotatable bonds is 7. The Morgan fingerprint density at radius 2 is 2.32 bits per heavy atom. The average Bonchev–Trinajstić information content (AvgIpc) is 2.40. The number of nitrogens with zero attached hydrogens (tertiary/aromatic N) is 1. The van der Waals surface area contributed by atoms with Crippen LogP contribution in [0.4, 0.5) is 5.69 Å². The van der Waals surface area contributed by atoms with Crippen molar-refractivity contribution in [3.63, 3.8) is 0 Å². The fourth-order valence-corrected chi connectivity index (χ4v) is 1.53. The Labute approximate surface area is 117 Å². The molecule has 1 aromatic rings. The van der Waals surface area contributed by atoms with Gasteiger partial charge in [0, 0.05) is 6.54 Å². The average molecular weight is 283 g/mol. The number of carbonyl (C=O) groups is 1. The molecule has 1 N–H and O–H groups in total. The molecule has 0 atom stereocenters. The summed E-state index contributed by atoms with van der Waals surface area (Å²) < 4.78 is 9.84. The lowest BCUT2D eigenvalue weighted by molar-refractivity contribution is -0.148. The van der Waals surface area contributed by atoms with Crippen molar-refractivity contribution in [2.45, 2.75) is 6.92 Å². The predicted molar refractivity (Wildman–Crippen MR) is 72.1 cm³/mol. The van der Waals surface area contributed by atoms with Crippen LogP contribution in [0.5, 0.6) is 0 Å². The van der Waals surface area contributed by atoms with Crippen molar-refractivity contribution in [3.8, 4) is 6.07 Å². The van der Waals surface area contributed by atoms with Crippen molar-refractivity contribution in [3.05, 3.63) is 28.8 Å². The molecule has 0 radical (unpaired) electrons. The van der Waals surface area contributed by atoms with Crippen molar-refractivity contribution < 1.29 is 14.3 Å². The number of hydrogen-bond acceptors (Lipinski definition) is 5. The quantitative estimate of drug-likeness (QED) is 0.613. The van der Waals surface area contributed by atoms with Gasteiger partial charge in [0.25, 0.3) is 0 Å². The van der Waals surface area contributed by atoms with Crippen LogP contribution in [0.2, 0.25) is 5.02 Å². The van der Waals surface area contributed by atoms with Crippen LogP contribution >= 0.6 is 11.6 Å². The van der Waals surface area contributed by atoms with Crippen molar-refractivity contribution >= 4 is 23.3 Å². The molecular weight excluding hydrogens is 268 g/mol. The molecule has 0 saturated heterocycles. The molecule has 0 saturated carbocycles. The molecule has 5 nitrogen and oxygen atoms in total. The summed E-state index contributed by atoms with van der Waals surface area (Å²) in [7, 11) is 0. The van der Waals surface area contributed by atoms with Crippen LogP contribution in [0.1, 0.15) is 12.5 Å². The molecule has 1 aromatic carbocycles. The lowest BCUT2D eigenvalue weighted by atomic mass is 10.2. The number of nitrogens with one attached hydrogen (secondary N) is 1. The number of anilines is 1. The molecule has 1 rings (SSSR count). The predicted octanol–water partition coefficient (Wildman–Crippen LogP) is 2.20. The molecule has 0 unspecified atom stereocenters. The lowest BCUT2D eigenvalue weighted by Crippen LogP contribution is -2.16. The summed E-state index contributed by atoms with van der Waals surface area (Å²) in [6.45, 7) is 2.84. The van der Waals surface area contributed by atoms with E-state index in [1.54, 1.807) is 25.1 Å². The van der Waals surface area contributed by atoms with E-state index in [1.807, 2.05) is 6.07 Å². The van der Waals surface area contributed by atoms with E-state index >= 15 is 0 Å². The van der Waals surface area contributed by atoms with E-state index in [1.165, 1.54) is 0 Å². The van der Waals surface area contributed by atoms with Crippen LogP contribution < -0.4 is 5.32 Å². The second-order valence-corrected chi connectivity index (χ2v) is 4.00. The molecule has 0 aliphatic heterocycles. The number of halogens is 1. The summed E-state index contributed by atoms with van der Waals surface area (Å²) in [5, 5.41) is 12.3. The Balaban J connectivity index is 2.30. The monoisotopic (exact) mass is 282 g/mol. The largest absolute Gasteiger partial charge is 0.464 e. The molecule has 0 spiro atoms. The second-order valence-electron chi connectivity index (χ2n) is 3.59. The number of nitriles is 1. The van der Waals surface area contributed by atoms with Gasteiger partial charge in [-0.2, -0.15) is 5.26 Å². The summed E-state index contributed by atoms with van der Waals surface area (Å²) >= 11 is 5.97. The first-order valence-electron chi connectivity index (χ1n) is 5.84. The SMILES string of the molecule is CCOC(=O)COCCNc1cc(C#N)ccc1Cl. The van der Waals surface area contributed by atoms with Crippen LogP contribution in [-0.2, 0) is 14.3 Å². The second kappa shape index (κ2) is 8.35. The fourth-order valence-electron chi connectivity index (χ4n) is 1.35. The standard InChI is InChI=1S/C13H15ClN2O3/c1-2-19-13(17)9-18-6-5-16-12-7-10(8-15)3-4-11(12)14/h3-4,7,16H,2,5-6,9H2,1H3. The van der Waals surface area contributed by atoms with Crippen molar-refractivity contribution in [1.82, 2.24) is 0 Å². The minimum atomic E-state index is -0.382. The van der Waals surface area contributed by atoms with E-state index in [-0.39, 0.29) is 12.6 Å². The van der Waals surface area contributed by atoms with Crippen LogP contribution in [0.25, 0.3) is 0 Å². The first-order valence-corrected chi connectivity index (χ1v) is 6.22. The number of ether oxygens (including phenoxy) is 2. The summed E-state index contributed by atoms with van der Waals surface area (Å²) in [6, 6.07) is 6.99. The summed E-state index contributed by atoms with van der Waals surface area (Å²) in [6.07, 6.45) is 0. The van der Waals surface area contributed by atoms with E-state index in [4.69, 9.17) is 26.3 Å². The highest BCUT2D eigenvalue weighted by Gasteiger charge is 2.03. The number of benzene rings is 1. The Hall–Kier alpha value is -1.77. The third-order valence-corrected chi connectivity index (χ3v) is 2.51. The first kappa shape index (κ1) is 15.3. The maximum absolute atomic E-state index is 11.0. The van der Waals surface area contributed by atoms with Gasteiger partial charge in [0.2, 0.25) is 0 Å². The minimum Gasteiger partial charge on any atom is -0.464 e. The van der Waals surface area contributed by atoms with E-state index in [0.717, 1.165) is 0 Å². The van der Waals surface area contributed by atoms with Crippen LogP contribution in [0.3, 0.4) is 0 Å². The zero-order valence-corrected chi connectivity index (χ0v) is 11.4. The lowest BCUT2D eigenvalue weighted by Gasteiger charge is -2.09. The van der Waals surface area contributed by atoms with Gasteiger partial charge in [-0.3, -0.25) is 0 Å². The molecular formula is C13H15ClN2O3. The van der Waals surface area contributed by atoms with Gasteiger partial charge in [-0.15, -0.1) is 0 Å². The Morgan fingerprint density at radius 3 is 3.00 bits per heavy atom. The Bertz CT molecular complexity index is 471. The number of esters is 1. The van der Waals surface area contributed by atoms with E-state index in [2.05, 4.69) is 5.32 Å². The van der Waals surface area contributed by atoms with E-state index in [0.29, 0.717) is 36.0 Å². The third kappa shape index (κ3) is 5.60. The molecule has 0 amide bonds. The van der Waals surface area contributed by atoms with Gasteiger partial charge in [0.1, 0.15) is 6.61 Å². The number of carbonyl (C=O) groups excluding carboxylic acids is 1. The first-order chi connectivity index (χ1) is 9.17. The maximum Gasteiger partial charge on any atom is 0.332 e. The highest BCUT2D eigenvalue weighted by atomic mass is 35.5. The molecule has 0 aromatic heterocycles. The van der Waals surface area contributed by atoms with Gasteiger partial charge < -0.3 is 14.8 Å². The van der Waals surface area contributed by atoms with Crippen molar-refractivity contribution in [1.29, 1.82) is 5.26 Å². The molecule has 102 valence electrons. The third-order valence-electron chi connectivity index (χ3n) is 2.18. The molecule has 0 fully saturated rings. The van der Waals surface area contributed by atoms with Crippen LogP contribution in [0.15, 0.2) is 18.2 Å². The normalized spacial score (nSPS) is 9.74. The van der Waals surface area contributed by atoms with E-state index < -0.39 is 0 Å².